The van der Waals surface area contributed by atoms with Gasteiger partial charge in [0.05, 0.1) is 24.8 Å². The van der Waals surface area contributed by atoms with Crippen LogP contribution in [-0.2, 0) is 26.2 Å². The van der Waals surface area contributed by atoms with Gasteiger partial charge in [0.25, 0.3) is 10.0 Å². The van der Waals surface area contributed by atoms with E-state index in [-0.39, 0.29) is 29.3 Å². The monoisotopic (exact) mass is 591 g/mol. The van der Waals surface area contributed by atoms with Gasteiger partial charge in [0.1, 0.15) is 18.4 Å². The maximum Gasteiger partial charge on any atom is 0.264 e. The van der Waals surface area contributed by atoms with Crippen molar-refractivity contribution in [2.24, 2.45) is 0 Å². The molecule has 0 aliphatic carbocycles. The molecule has 2 amide bonds. The van der Waals surface area contributed by atoms with E-state index in [1.165, 1.54) is 56.5 Å². The quantitative estimate of drug-likeness (QED) is 0.338. The van der Waals surface area contributed by atoms with Gasteiger partial charge in [0.15, 0.2) is 11.5 Å². The van der Waals surface area contributed by atoms with Crippen molar-refractivity contribution in [3.8, 4) is 11.5 Å². The van der Waals surface area contributed by atoms with E-state index in [1.54, 1.807) is 31.2 Å². The Bertz CT molecular complexity index is 1440. The average Bonchev–Trinajstić information content (AvgIpc) is 2.96. The number of halogens is 2. The highest BCUT2D eigenvalue weighted by Gasteiger charge is 2.33. The van der Waals surface area contributed by atoms with E-state index in [0.717, 1.165) is 16.4 Å². The highest BCUT2D eigenvalue weighted by Crippen LogP contribution is 2.32. The Morgan fingerprint density at radius 3 is 2.15 bits per heavy atom. The van der Waals surface area contributed by atoms with E-state index in [4.69, 9.17) is 21.1 Å². The first-order valence-electron chi connectivity index (χ1n) is 12.3. The van der Waals surface area contributed by atoms with E-state index in [9.17, 15) is 22.4 Å². The molecule has 9 nitrogen and oxygen atoms in total. The lowest BCUT2D eigenvalue weighted by molar-refractivity contribution is -0.140. The van der Waals surface area contributed by atoms with Gasteiger partial charge in [-0.2, -0.15) is 0 Å². The molecule has 0 aromatic heterocycles. The fourth-order valence-corrected chi connectivity index (χ4v) is 5.67. The lowest BCUT2D eigenvalue weighted by Crippen LogP contribution is -2.51. The molecule has 214 valence electrons. The maximum atomic E-state index is 13.9. The van der Waals surface area contributed by atoms with Gasteiger partial charge in [-0.3, -0.25) is 13.9 Å². The zero-order chi connectivity index (χ0) is 29.4. The summed E-state index contributed by atoms with van der Waals surface area (Å²) in [6.07, 6.45) is 0.276. The number of methoxy groups -OCH3 is 2. The Morgan fingerprint density at radius 1 is 0.975 bits per heavy atom. The molecule has 0 unspecified atom stereocenters. The van der Waals surface area contributed by atoms with E-state index >= 15 is 0 Å². The van der Waals surface area contributed by atoms with Crippen molar-refractivity contribution in [1.82, 2.24) is 10.2 Å². The first-order valence-corrected chi connectivity index (χ1v) is 14.1. The van der Waals surface area contributed by atoms with Gasteiger partial charge in [0.2, 0.25) is 11.8 Å². The van der Waals surface area contributed by atoms with Crippen LogP contribution in [0.3, 0.4) is 0 Å². The third kappa shape index (κ3) is 7.02. The fourth-order valence-electron chi connectivity index (χ4n) is 4.11. The lowest BCUT2D eigenvalue weighted by Gasteiger charge is -2.33. The van der Waals surface area contributed by atoms with Gasteiger partial charge in [-0.15, -0.1) is 0 Å². The summed E-state index contributed by atoms with van der Waals surface area (Å²) >= 11 is 6.01. The van der Waals surface area contributed by atoms with Gasteiger partial charge in [-0.05, 0) is 60.5 Å². The van der Waals surface area contributed by atoms with Crippen molar-refractivity contribution in [3.05, 3.63) is 83.1 Å². The molecule has 0 aliphatic rings. The molecular formula is C28H31ClFN3O6S. The van der Waals surface area contributed by atoms with E-state index in [0.29, 0.717) is 16.3 Å². The number of nitrogens with one attached hydrogen (secondary N) is 1. The van der Waals surface area contributed by atoms with Crippen molar-refractivity contribution in [2.45, 2.75) is 30.8 Å². The minimum atomic E-state index is -4.38. The van der Waals surface area contributed by atoms with Crippen LogP contribution in [0.1, 0.15) is 18.9 Å². The number of anilines is 1. The predicted octanol–water partition coefficient (Wildman–Crippen LogP) is 4.25. The van der Waals surface area contributed by atoms with E-state index in [2.05, 4.69) is 5.32 Å². The van der Waals surface area contributed by atoms with Gasteiger partial charge in [-0.1, -0.05) is 30.7 Å². The Hall–Kier alpha value is -3.83. The number of likely N-dealkylation sites (N-methyl/N-ethyl adjacent to an activating group) is 1. The van der Waals surface area contributed by atoms with Gasteiger partial charge in [0, 0.05) is 24.7 Å². The number of benzene rings is 3. The number of rotatable bonds is 12. The first kappa shape index (κ1) is 30.7. The summed E-state index contributed by atoms with van der Waals surface area (Å²) in [7, 11) is -0.132. The SMILES string of the molecule is CC[C@@H](C(=O)NC)N(Cc1ccc(Cl)cc1)C(=O)CN(c1ccc(F)cc1)S(=O)(=O)c1ccc(OC)c(OC)c1. The minimum Gasteiger partial charge on any atom is -0.493 e. The molecule has 1 N–H and O–H groups in total. The average molecular weight is 592 g/mol. The summed E-state index contributed by atoms with van der Waals surface area (Å²) in [5, 5.41) is 3.07. The number of amides is 2. The second-order valence-corrected chi connectivity index (χ2v) is 11.0. The summed E-state index contributed by atoms with van der Waals surface area (Å²) in [5.41, 5.74) is 0.750. The molecule has 0 fully saturated rings. The number of hydrogen-bond acceptors (Lipinski definition) is 6. The summed E-state index contributed by atoms with van der Waals surface area (Å²) < 4.78 is 53.0. The zero-order valence-electron chi connectivity index (χ0n) is 22.6. The molecule has 3 aromatic carbocycles. The van der Waals surface area contributed by atoms with Crippen LogP contribution in [0, 0.1) is 5.82 Å². The largest absolute Gasteiger partial charge is 0.493 e. The van der Waals surface area contributed by atoms with Crippen LogP contribution in [0.15, 0.2) is 71.6 Å². The third-order valence-corrected chi connectivity index (χ3v) is 8.26. The molecule has 0 saturated heterocycles. The Balaban J connectivity index is 2.08. The third-order valence-electron chi connectivity index (χ3n) is 6.23. The number of carbonyl (C=O) groups is 2. The van der Waals surface area contributed by atoms with E-state index in [1.807, 2.05) is 0 Å². The molecular weight excluding hydrogens is 561 g/mol. The Labute approximate surface area is 238 Å². The molecule has 3 rings (SSSR count). The van der Waals surface area contributed by atoms with Gasteiger partial charge >= 0.3 is 0 Å². The van der Waals surface area contributed by atoms with Gasteiger partial charge < -0.3 is 19.7 Å². The first-order chi connectivity index (χ1) is 19.0. The van der Waals surface area contributed by atoms with Crippen molar-refractivity contribution in [3.63, 3.8) is 0 Å². The highest BCUT2D eigenvalue weighted by molar-refractivity contribution is 7.92. The molecule has 0 saturated carbocycles. The summed E-state index contributed by atoms with van der Waals surface area (Å²) in [5.74, 6) is -1.13. The molecule has 40 heavy (non-hydrogen) atoms. The number of hydrogen-bond donors (Lipinski definition) is 1. The van der Waals surface area contributed by atoms with Crippen molar-refractivity contribution >= 4 is 39.1 Å². The lowest BCUT2D eigenvalue weighted by atomic mass is 10.1. The van der Waals surface area contributed by atoms with Crippen LogP contribution in [0.2, 0.25) is 5.02 Å². The predicted molar refractivity (Wildman–Crippen MR) is 151 cm³/mol. The van der Waals surface area contributed by atoms with Crippen molar-refractivity contribution in [1.29, 1.82) is 0 Å². The Morgan fingerprint density at radius 2 is 1.60 bits per heavy atom. The van der Waals surface area contributed by atoms with Crippen molar-refractivity contribution < 1.29 is 31.9 Å². The number of nitrogens with zero attached hydrogens (tertiary/aromatic N) is 2. The van der Waals surface area contributed by atoms with Crippen LogP contribution < -0.4 is 19.1 Å². The molecule has 0 aliphatic heterocycles. The van der Waals surface area contributed by atoms with Crippen LogP contribution in [0.25, 0.3) is 0 Å². The van der Waals surface area contributed by atoms with Crippen LogP contribution in [0.4, 0.5) is 10.1 Å². The summed E-state index contributed by atoms with van der Waals surface area (Å²) in [4.78, 5) is 27.8. The second-order valence-electron chi connectivity index (χ2n) is 8.69. The molecule has 12 heteroatoms. The molecule has 0 spiro atoms. The van der Waals surface area contributed by atoms with Gasteiger partial charge in [-0.25, -0.2) is 12.8 Å². The molecule has 0 heterocycles. The smallest absolute Gasteiger partial charge is 0.264 e. The number of carbonyl (C=O) groups excluding carboxylic acids is 2. The van der Waals surface area contributed by atoms with Crippen LogP contribution in [0.5, 0.6) is 11.5 Å². The molecule has 3 aromatic rings. The molecule has 1 atom stereocenters. The topological polar surface area (TPSA) is 105 Å². The molecule has 0 radical (unpaired) electrons. The van der Waals surface area contributed by atoms with Crippen molar-refractivity contribution in [2.75, 3.05) is 32.1 Å². The number of sulfonamides is 1. The maximum absolute atomic E-state index is 13.9. The normalized spacial score (nSPS) is 11.8. The number of ether oxygens (including phenoxy) is 2. The standard InChI is InChI=1S/C28H31ClFN3O6S/c1-5-24(28(35)31-2)32(17-19-6-8-20(29)9-7-19)27(34)18-33(22-12-10-21(30)11-13-22)40(36,37)23-14-15-25(38-3)26(16-23)39-4/h6-16,24H,5,17-18H2,1-4H3,(H,31,35)/t24-/m0/s1. The van der Waals surface area contributed by atoms with Crippen LogP contribution in [-0.4, -0.2) is 59.0 Å². The highest BCUT2D eigenvalue weighted by atomic mass is 35.5. The van der Waals surface area contributed by atoms with Crippen LogP contribution >= 0.6 is 11.6 Å². The zero-order valence-corrected chi connectivity index (χ0v) is 24.1. The van der Waals surface area contributed by atoms with E-state index < -0.39 is 40.2 Å². The second kappa shape index (κ2) is 13.5. The summed E-state index contributed by atoms with van der Waals surface area (Å²) in [6, 6.07) is 14.6. The summed E-state index contributed by atoms with van der Waals surface area (Å²) in [6.45, 7) is 1.11. The fraction of sp³-hybridized carbons (Fsp3) is 0.286. The Kier molecular flexibility index (Phi) is 10.4. The minimum absolute atomic E-state index is 0.0234. The molecule has 0 bridgehead atoms.